The minimum absolute atomic E-state index is 0.101. The van der Waals surface area contributed by atoms with Crippen molar-refractivity contribution in [2.45, 2.75) is 63.5 Å². The van der Waals surface area contributed by atoms with Gasteiger partial charge in [0.2, 0.25) is 5.92 Å². The lowest BCUT2D eigenvalue weighted by atomic mass is 9.81. The van der Waals surface area contributed by atoms with Gasteiger partial charge in [-0.3, -0.25) is 0 Å². The third kappa shape index (κ3) is 2.25. The summed E-state index contributed by atoms with van der Waals surface area (Å²) in [4.78, 5) is 0. The van der Waals surface area contributed by atoms with E-state index in [1.165, 1.54) is 12.8 Å². The molecule has 0 aromatic rings. The molecule has 1 saturated carbocycles. The van der Waals surface area contributed by atoms with Crippen LogP contribution in [0.4, 0.5) is 8.78 Å². The lowest BCUT2D eigenvalue weighted by Crippen LogP contribution is -2.38. The summed E-state index contributed by atoms with van der Waals surface area (Å²) in [6, 6.07) is 1.10. The van der Waals surface area contributed by atoms with Crippen molar-refractivity contribution in [3.8, 4) is 0 Å². The maximum absolute atomic E-state index is 12.9. The Hall–Kier alpha value is -0.180. The Labute approximate surface area is 84.3 Å². The van der Waals surface area contributed by atoms with Gasteiger partial charge in [0, 0.05) is 24.9 Å². The summed E-state index contributed by atoms with van der Waals surface area (Å²) in [7, 11) is 0. The summed E-state index contributed by atoms with van der Waals surface area (Å²) in [5.41, 5.74) is 0. The third-order valence-corrected chi connectivity index (χ3v) is 3.74. The standard InChI is InChI=1S/C11H19F2N/c1-8-2-3-10(14-8)9-4-6-11(12,13)7-5-9/h8-10,14H,2-7H2,1H3/t8-,10-/m0/s1. The van der Waals surface area contributed by atoms with Crippen LogP contribution in [0.5, 0.6) is 0 Å². The minimum atomic E-state index is -2.37. The van der Waals surface area contributed by atoms with Crippen LogP contribution in [-0.4, -0.2) is 18.0 Å². The normalized spacial score (nSPS) is 38.8. The molecule has 0 bridgehead atoms. The predicted octanol–water partition coefficient (Wildman–Crippen LogP) is 2.95. The highest BCUT2D eigenvalue weighted by atomic mass is 19.3. The van der Waals surface area contributed by atoms with Gasteiger partial charge in [-0.05, 0) is 38.5 Å². The van der Waals surface area contributed by atoms with E-state index in [4.69, 9.17) is 0 Å². The van der Waals surface area contributed by atoms with Crippen molar-refractivity contribution < 1.29 is 8.78 Å². The van der Waals surface area contributed by atoms with E-state index >= 15 is 0 Å². The number of nitrogens with one attached hydrogen (secondary N) is 1. The van der Waals surface area contributed by atoms with Crippen LogP contribution in [0.15, 0.2) is 0 Å². The van der Waals surface area contributed by atoms with Crippen molar-refractivity contribution in [3.05, 3.63) is 0 Å². The average Bonchev–Trinajstić information content (AvgIpc) is 2.52. The highest BCUT2D eigenvalue weighted by Gasteiger charge is 2.38. The fraction of sp³-hybridized carbons (Fsp3) is 1.00. The molecule has 2 rings (SSSR count). The van der Waals surface area contributed by atoms with E-state index < -0.39 is 5.92 Å². The molecule has 1 N–H and O–H groups in total. The zero-order chi connectivity index (χ0) is 10.2. The van der Waals surface area contributed by atoms with Gasteiger partial charge in [-0.1, -0.05) is 0 Å². The van der Waals surface area contributed by atoms with E-state index in [1.54, 1.807) is 0 Å². The highest BCUT2D eigenvalue weighted by Crippen LogP contribution is 2.39. The molecule has 1 aliphatic carbocycles. The zero-order valence-electron chi connectivity index (χ0n) is 8.73. The molecule has 2 aliphatic rings. The molecule has 1 heterocycles. The van der Waals surface area contributed by atoms with E-state index in [2.05, 4.69) is 12.2 Å². The predicted molar refractivity (Wildman–Crippen MR) is 52.5 cm³/mol. The van der Waals surface area contributed by atoms with E-state index in [-0.39, 0.29) is 12.8 Å². The van der Waals surface area contributed by atoms with Crippen LogP contribution in [0.3, 0.4) is 0 Å². The molecule has 14 heavy (non-hydrogen) atoms. The molecule has 82 valence electrons. The van der Waals surface area contributed by atoms with Gasteiger partial charge < -0.3 is 5.32 Å². The van der Waals surface area contributed by atoms with E-state index in [9.17, 15) is 8.78 Å². The molecule has 1 nitrogen and oxygen atoms in total. The summed E-state index contributed by atoms with van der Waals surface area (Å²) >= 11 is 0. The molecule has 0 unspecified atom stereocenters. The summed E-state index contributed by atoms with van der Waals surface area (Å²) in [5.74, 6) is -1.87. The Kier molecular flexibility index (Phi) is 2.78. The summed E-state index contributed by atoms with van der Waals surface area (Å²) in [6.07, 6.45) is 4.00. The second-order valence-electron chi connectivity index (χ2n) is 4.94. The number of hydrogen-bond donors (Lipinski definition) is 1. The Morgan fingerprint density at radius 1 is 1.07 bits per heavy atom. The molecule has 2 atom stereocenters. The minimum Gasteiger partial charge on any atom is -0.311 e. The lowest BCUT2D eigenvalue weighted by Gasteiger charge is -2.32. The molecule has 3 heteroatoms. The zero-order valence-corrected chi connectivity index (χ0v) is 8.73. The maximum atomic E-state index is 12.9. The molecule has 2 fully saturated rings. The molecular weight excluding hydrogens is 184 g/mol. The first kappa shape index (κ1) is 10.3. The molecule has 0 spiro atoms. The summed E-state index contributed by atoms with van der Waals surface area (Å²) in [5, 5.41) is 3.51. The molecule has 1 saturated heterocycles. The number of rotatable bonds is 1. The van der Waals surface area contributed by atoms with Crippen LogP contribution in [0, 0.1) is 5.92 Å². The van der Waals surface area contributed by atoms with Crippen molar-refractivity contribution >= 4 is 0 Å². The third-order valence-electron chi connectivity index (χ3n) is 3.74. The van der Waals surface area contributed by atoms with Gasteiger partial charge in [0.15, 0.2) is 0 Å². The van der Waals surface area contributed by atoms with Gasteiger partial charge >= 0.3 is 0 Å². The fourth-order valence-corrected chi connectivity index (χ4v) is 2.80. The molecule has 0 radical (unpaired) electrons. The quantitative estimate of drug-likeness (QED) is 0.691. The molecule has 0 aromatic carbocycles. The van der Waals surface area contributed by atoms with Crippen LogP contribution in [0.2, 0.25) is 0 Å². The van der Waals surface area contributed by atoms with Crippen LogP contribution in [0.25, 0.3) is 0 Å². The van der Waals surface area contributed by atoms with Crippen LogP contribution < -0.4 is 5.32 Å². The van der Waals surface area contributed by atoms with E-state index in [1.807, 2.05) is 0 Å². The first-order valence-electron chi connectivity index (χ1n) is 5.71. The largest absolute Gasteiger partial charge is 0.311 e. The average molecular weight is 203 g/mol. The Balaban J connectivity index is 1.83. The highest BCUT2D eigenvalue weighted by molar-refractivity contribution is 4.89. The smallest absolute Gasteiger partial charge is 0.248 e. The van der Waals surface area contributed by atoms with Gasteiger partial charge in [-0.25, -0.2) is 8.78 Å². The van der Waals surface area contributed by atoms with Gasteiger partial charge in [-0.2, -0.15) is 0 Å². The van der Waals surface area contributed by atoms with Crippen molar-refractivity contribution in [1.82, 2.24) is 5.32 Å². The maximum Gasteiger partial charge on any atom is 0.248 e. The summed E-state index contributed by atoms with van der Waals surface area (Å²) < 4.78 is 25.8. The van der Waals surface area contributed by atoms with E-state index in [0.717, 1.165) is 0 Å². The topological polar surface area (TPSA) is 12.0 Å². The Bertz CT molecular complexity index is 195. The first-order chi connectivity index (χ1) is 6.57. The molecule has 0 amide bonds. The fourth-order valence-electron chi connectivity index (χ4n) is 2.80. The van der Waals surface area contributed by atoms with Crippen LogP contribution in [-0.2, 0) is 0 Å². The van der Waals surface area contributed by atoms with Gasteiger partial charge in [-0.15, -0.1) is 0 Å². The van der Waals surface area contributed by atoms with Gasteiger partial charge in [0.25, 0.3) is 0 Å². The van der Waals surface area contributed by atoms with E-state index in [0.29, 0.717) is 30.8 Å². The van der Waals surface area contributed by atoms with Crippen LogP contribution in [0.1, 0.15) is 45.4 Å². The van der Waals surface area contributed by atoms with Crippen LogP contribution >= 0.6 is 0 Å². The first-order valence-corrected chi connectivity index (χ1v) is 5.71. The number of alkyl halides is 2. The number of hydrogen-bond acceptors (Lipinski definition) is 1. The van der Waals surface area contributed by atoms with Gasteiger partial charge in [0.05, 0.1) is 0 Å². The Morgan fingerprint density at radius 3 is 2.21 bits per heavy atom. The Morgan fingerprint density at radius 2 is 1.71 bits per heavy atom. The summed E-state index contributed by atoms with van der Waals surface area (Å²) in [6.45, 7) is 2.18. The number of halogens is 2. The van der Waals surface area contributed by atoms with Crippen molar-refractivity contribution in [2.75, 3.05) is 0 Å². The molecule has 1 aliphatic heterocycles. The second kappa shape index (κ2) is 3.76. The molecular formula is C11H19F2N. The second-order valence-corrected chi connectivity index (χ2v) is 4.94. The van der Waals surface area contributed by atoms with Crippen molar-refractivity contribution in [1.29, 1.82) is 0 Å². The SMILES string of the molecule is C[C@H]1CC[C@@H](C2CCC(F)(F)CC2)N1. The lowest BCUT2D eigenvalue weighted by molar-refractivity contribution is -0.0489. The van der Waals surface area contributed by atoms with Gasteiger partial charge in [0.1, 0.15) is 0 Å². The van der Waals surface area contributed by atoms with Crippen molar-refractivity contribution in [2.24, 2.45) is 5.92 Å². The van der Waals surface area contributed by atoms with Crippen molar-refractivity contribution in [3.63, 3.8) is 0 Å². The monoisotopic (exact) mass is 203 g/mol. The molecule has 0 aromatic heterocycles.